The minimum atomic E-state index is -0.580. The van der Waals surface area contributed by atoms with E-state index < -0.39 is 11.5 Å². The Morgan fingerprint density at radius 3 is 2.47 bits per heavy atom. The molecule has 1 saturated heterocycles. The maximum absolute atomic E-state index is 11.6. The molecule has 102 valence electrons. The third kappa shape index (κ3) is 4.05. The molecule has 0 aliphatic carbocycles. The smallest absolute Gasteiger partial charge is 0.294 e. The molecule has 1 aromatic carbocycles. The van der Waals surface area contributed by atoms with E-state index in [9.17, 15) is 14.9 Å². The van der Waals surface area contributed by atoms with Gasteiger partial charge in [0.1, 0.15) is 0 Å². The van der Waals surface area contributed by atoms with Gasteiger partial charge >= 0.3 is 0 Å². The zero-order chi connectivity index (χ0) is 13.7. The van der Waals surface area contributed by atoms with Crippen LogP contribution in [0.4, 0.5) is 0 Å². The molecule has 0 N–H and O–H groups in total. The van der Waals surface area contributed by atoms with E-state index in [1.165, 1.54) is 5.56 Å². The minimum absolute atomic E-state index is 0.358. The van der Waals surface area contributed by atoms with Gasteiger partial charge in [-0.1, -0.05) is 30.3 Å². The number of carbonyl (C=O) groups is 1. The molecule has 1 fully saturated rings. The van der Waals surface area contributed by atoms with Crippen LogP contribution in [0.2, 0.25) is 0 Å². The van der Waals surface area contributed by atoms with Gasteiger partial charge in [-0.05, 0) is 30.7 Å². The number of hydrogen-bond acceptors (Lipinski definition) is 3. The van der Waals surface area contributed by atoms with Crippen molar-refractivity contribution in [2.45, 2.75) is 19.3 Å². The molecule has 0 saturated carbocycles. The summed E-state index contributed by atoms with van der Waals surface area (Å²) in [5.41, 5.74) is 1.32. The Bertz CT molecular complexity index is 439. The fourth-order valence-electron chi connectivity index (χ4n) is 2.54. The molecule has 5 heteroatoms. The number of hydrogen-bond donors (Lipinski definition) is 0. The molecule has 1 heterocycles. The maximum Gasteiger partial charge on any atom is 0.294 e. The molecule has 1 aliphatic heterocycles. The van der Waals surface area contributed by atoms with Crippen LogP contribution in [0, 0.1) is 16.0 Å². The first kappa shape index (κ1) is 13.5. The summed E-state index contributed by atoms with van der Waals surface area (Å²) < 4.78 is 0. The van der Waals surface area contributed by atoms with E-state index in [-0.39, 0.29) is 5.91 Å². The summed E-state index contributed by atoms with van der Waals surface area (Å²) in [7, 11) is 0. The lowest BCUT2D eigenvalue weighted by Gasteiger charge is -2.31. The zero-order valence-electron chi connectivity index (χ0n) is 10.8. The van der Waals surface area contributed by atoms with Crippen molar-refractivity contribution in [1.82, 2.24) is 4.90 Å². The topological polar surface area (TPSA) is 63.4 Å². The van der Waals surface area contributed by atoms with Crippen molar-refractivity contribution in [2.24, 2.45) is 5.92 Å². The van der Waals surface area contributed by atoms with Crippen molar-refractivity contribution >= 4 is 5.91 Å². The molecule has 1 aromatic rings. The summed E-state index contributed by atoms with van der Waals surface area (Å²) in [5, 5.41) is 10.3. The van der Waals surface area contributed by atoms with Crippen molar-refractivity contribution in [2.75, 3.05) is 19.6 Å². The van der Waals surface area contributed by atoms with Crippen molar-refractivity contribution < 1.29 is 9.72 Å². The van der Waals surface area contributed by atoms with E-state index in [4.69, 9.17) is 0 Å². The first-order valence-corrected chi connectivity index (χ1v) is 6.58. The van der Waals surface area contributed by atoms with Gasteiger partial charge in [0.15, 0.2) is 0 Å². The van der Waals surface area contributed by atoms with Crippen molar-refractivity contribution in [3.05, 3.63) is 46.0 Å². The van der Waals surface area contributed by atoms with Gasteiger partial charge in [-0.3, -0.25) is 14.9 Å². The predicted molar refractivity (Wildman–Crippen MR) is 71.3 cm³/mol. The molecule has 0 bridgehead atoms. The van der Waals surface area contributed by atoms with Crippen LogP contribution in [0.15, 0.2) is 30.3 Å². The van der Waals surface area contributed by atoms with Gasteiger partial charge in [0.2, 0.25) is 0 Å². The van der Waals surface area contributed by atoms with E-state index in [1.807, 2.05) is 18.2 Å². The van der Waals surface area contributed by atoms with Crippen LogP contribution in [-0.4, -0.2) is 35.4 Å². The molecule has 0 spiro atoms. The van der Waals surface area contributed by atoms with Gasteiger partial charge in [-0.15, -0.1) is 0 Å². The zero-order valence-corrected chi connectivity index (χ0v) is 10.8. The molecule has 0 aromatic heterocycles. The van der Waals surface area contributed by atoms with Gasteiger partial charge in [-0.25, -0.2) is 0 Å². The Labute approximate surface area is 112 Å². The number of benzene rings is 1. The number of carbonyl (C=O) groups excluding carboxylic acids is 1. The first-order valence-electron chi connectivity index (χ1n) is 6.58. The highest BCUT2D eigenvalue weighted by atomic mass is 16.6. The van der Waals surface area contributed by atoms with E-state index in [1.54, 1.807) is 4.90 Å². The number of piperidine rings is 1. The number of likely N-dealkylation sites (tertiary alicyclic amines) is 1. The Morgan fingerprint density at radius 1 is 1.26 bits per heavy atom. The standard InChI is InChI=1S/C14H18N2O3/c17-14(11-16(18)19)15-8-6-13(7-9-15)10-12-4-2-1-3-5-12/h1-5,13H,6-11H2. The summed E-state index contributed by atoms with van der Waals surface area (Å²) in [4.78, 5) is 22.9. The summed E-state index contributed by atoms with van der Waals surface area (Å²) in [5.74, 6) is 0.213. The van der Waals surface area contributed by atoms with Crippen LogP contribution in [-0.2, 0) is 11.2 Å². The highest BCUT2D eigenvalue weighted by Crippen LogP contribution is 2.21. The molecule has 0 unspecified atom stereocenters. The Hall–Kier alpha value is -1.91. The van der Waals surface area contributed by atoms with Crippen molar-refractivity contribution in [3.63, 3.8) is 0 Å². The van der Waals surface area contributed by atoms with Crippen molar-refractivity contribution in [3.8, 4) is 0 Å². The predicted octanol–water partition coefficient (Wildman–Crippen LogP) is 1.74. The summed E-state index contributed by atoms with van der Waals surface area (Å²) >= 11 is 0. The average molecular weight is 262 g/mol. The number of nitro groups is 1. The van der Waals surface area contributed by atoms with Gasteiger partial charge < -0.3 is 4.90 Å². The third-order valence-corrected chi connectivity index (χ3v) is 3.60. The van der Waals surface area contributed by atoms with E-state index in [0.29, 0.717) is 19.0 Å². The third-order valence-electron chi connectivity index (χ3n) is 3.60. The van der Waals surface area contributed by atoms with Crippen LogP contribution in [0.25, 0.3) is 0 Å². The largest absolute Gasteiger partial charge is 0.337 e. The molecule has 19 heavy (non-hydrogen) atoms. The lowest BCUT2D eigenvalue weighted by Crippen LogP contribution is -2.41. The van der Waals surface area contributed by atoms with Gasteiger partial charge in [0, 0.05) is 18.0 Å². The monoisotopic (exact) mass is 262 g/mol. The maximum atomic E-state index is 11.6. The second-order valence-electron chi connectivity index (χ2n) is 5.00. The average Bonchev–Trinajstić information content (AvgIpc) is 2.40. The van der Waals surface area contributed by atoms with Crippen LogP contribution in [0.5, 0.6) is 0 Å². The molecule has 0 atom stereocenters. The molecule has 2 rings (SSSR count). The number of nitrogens with zero attached hydrogens (tertiary/aromatic N) is 2. The summed E-state index contributed by atoms with van der Waals surface area (Å²) in [6.07, 6.45) is 2.88. The van der Waals surface area contributed by atoms with Gasteiger partial charge in [0.25, 0.3) is 12.5 Å². The molecule has 1 amide bonds. The van der Waals surface area contributed by atoms with Gasteiger partial charge in [0.05, 0.1) is 0 Å². The second kappa shape index (κ2) is 6.31. The lowest BCUT2D eigenvalue weighted by atomic mass is 9.90. The number of amides is 1. The van der Waals surface area contributed by atoms with Crippen LogP contribution >= 0.6 is 0 Å². The van der Waals surface area contributed by atoms with E-state index in [0.717, 1.165) is 19.3 Å². The first-order chi connectivity index (χ1) is 9.15. The van der Waals surface area contributed by atoms with Crippen molar-refractivity contribution in [1.29, 1.82) is 0 Å². The highest BCUT2D eigenvalue weighted by molar-refractivity contribution is 5.77. The van der Waals surface area contributed by atoms with Crippen LogP contribution in [0.3, 0.4) is 0 Å². The van der Waals surface area contributed by atoms with Gasteiger partial charge in [-0.2, -0.15) is 0 Å². The highest BCUT2D eigenvalue weighted by Gasteiger charge is 2.25. The summed E-state index contributed by atoms with van der Waals surface area (Å²) in [6.45, 7) is 0.706. The molecule has 5 nitrogen and oxygen atoms in total. The lowest BCUT2D eigenvalue weighted by molar-refractivity contribution is -0.468. The fraction of sp³-hybridized carbons (Fsp3) is 0.500. The molecular formula is C14H18N2O3. The Morgan fingerprint density at radius 2 is 1.89 bits per heavy atom. The minimum Gasteiger partial charge on any atom is -0.337 e. The van der Waals surface area contributed by atoms with E-state index in [2.05, 4.69) is 12.1 Å². The molecule has 0 radical (unpaired) electrons. The quantitative estimate of drug-likeness (QED) is 0.613. The summed E-state index contributed by atoms with van der Waals surface area (Å²) in [6, 6.07) is 10.3. The molecule has 1 aliphatic rings. The normalized spacial score (nSPS) is 16.3. The number of rotatable bonds is 4. The van der Waals surface area contributed by atoms with E-state index >= 15 is 0 Å². The second-order valence-corrected chi connectivity index (χ2v) is 5.00. The molecular weight excluding hydrogens is 244 g/mol. The Balaban J connectivity index is 1.79. The fourth-order valence-corrected chi connectivity index (χ4v) is 2.54. The van der Waals surface area contributed by atoms with Crippen LogP contribution < -0.4 is 0 Å². The van der Waals surface area contributed by atoms with Crippen LogP contribution in [0.1, 0.15) is 18.4 Å². The Kier molecular flexibility index (Phi) is 4.49. The SMILES string of the molecule is O=C(C[N+](=O)[O-])N1CCC(Cc2ccccc2)CC1.